The van der Waals surface area contributed by atoms with Crippen LogP contribution in [-0.4, -0.2) is 9.78 Å². The highest BCUT2D eigenvalue weighted by molar-refractivity contribution is 5.80. The molecule has 0 aliphatic heterocycles. The van der Waals surface area contributed by atoms with Crippen LogP contribution in [0.15, 0.2) is 48.7 Å². The fourth-order valence-corrected chi connectivity index (χ4v) is 2.14. The van der Waals surface area contributed by atoms with Crippen LogP contribution < -0.4 is 5.73 Å². The number of rotatable bonds is 2. The number of aromatic nitrogens is 2. The Morgan fingerprint density at radius 1 is 1.21 bits per heavy atom. The number of hydrogen-bond donors (Lipinski definition) is 1. The molecule has 0 aliphatic rings. The lowest BCUT2D eigenvalue weighted by molar-refractivity contribution is 0.608. The van der Waals surface area contributed by atoms with Gasteiger partial charge in [0.25, 0.3) is 0 Å². The van der Waals surface area contributed by atoms with Crippen LogP contribution in [0, 0.1) is 5.82 Å². The average Bonchev–Trinajstić information content (AvgIpc) is 2.82. The molecular formula is C15H14FN3. The van der Waals surface area contributed by atoms with Gasteiger partial charge in [0.15, 0.2) is 0 Å². The van der Waals surface area contributed by atoms with E-state index in [1.807, 2.05) is 37.3 Å². The van der Waals surface area contributed by atoms with E-state index in [0.29, 0.717) is 5.69 Å². The summed E-state index contributed by atoms with van der Waals surface area (Å²) in [5, 5.41) is 5.23. The summed E-state index contributed by atoms with van der Waals surface area (Å²) in [5.74, 6) is -0.316. The summed E-state index contributed by atoms with van der Waals surface area (Å²) in [6, 6.07) is 12.6. The summed E-state index contributed by atoms with van der Waals surface area (Å²) in [6.45, 7) is 1.83. The highest BCUT2D eigenvalue weighted by Crippen LogP contribution is 2.22. The van der Waals surface area contributed by atoms with Gasteiger partial charge >= 0.3 is 0 Å². The summed E-state index contributed by atoms with van der Waals surface area (Å²) in [4.78, 5) is 0. The molecule has 0 fully saturated rings. The van der Waals surface area contributed by atoms with Gasteiger partial charge in [0.05, 0.1) is 11.7 Å². The lowest BCUT2D eigenvalue weighted by Crippen LogP contribution is -2.07. The number of halogens is 1. The van der Waals surface area contributed by atoms with E-state index in [9.17, 15) is 4.39 Å². The molecule has 2 aromatic carbocycles. The van der Waals surface area contributed by atoms with Crippen LogP contribution in [-0.2, 0) is 0 Å². The molecule has 0 spiro atoms. The number of nitrogens with zero attached hydrogens (tertiary/aromatic N) is 2. The van der Waals surface area contributed by atoms with Gasteiger partial charge in [-0.25, -0.2) is 9.07 Å². The van der Waals surface area contributed by atoms with Gasteiger partial charge in [-0.05, 0) is 30.7 Å². The predicted octanol–water partition coefficient (Wildman–Crippen LogP) is 3.18. The fraction of sp³-hybridized carbons (Fsp3) is 0.133. The molecule has 1 atom stereocenters. The average molecular weight is 255 g/mol. The van der Waals surface area contributed by atoms with Crippen molar-refractivity contribution in [2.75, 3.05) is 0 Å². The van der Waals surface area contributed by atoms with Gasteiger partial charge in [-0.2, -0.15) is 5.10 Å². The second kappa shape index (κ2) is 4.48. The SMILES string of the molecule is C[C@H](N)c1ccc(-n2ncc3ccccc32)c(F)c1. The molecule has 0 radical (unpaired) electrons. The summed E-state index contributed by atoms with van der Waals surface area (Å²) >= 11 is 0. The van der Waals surface area contributed by atoms with Crippen molar-refractivity contribution in [1.29, 1.82) is 0 Å². The van der Waals surface area contributed by atoms with Crippen molar-refractivity contribution in [3.8, 4) is 5.69 Å². The minimum Gasteiger partial charge on any atom is -0.324 e. The zero-order chi connectivity index (χ0) is 13.4. The first-order valence-corrected chi connectivity index (χ1v) is 6.15. The van der Waals surface area contributed by atoms with E-state index in [2.05, 4.69) is 5.10 Å². The van der Waals surface area contributed by atoms with Crippen LogP contribution >= 0.6 is 0 Å². The Kier molecular flexibility index (Phi) is 2.80. The summed E-state index contributed by atoms with van der Waals surface area (Å²) in [6.07, 6.45) is 1.73. The third kappa shape index (κ3) is 2.00. The minimum absolute atomic E-state index is 0.182. The van der Waals surface area contributed by atoms with Gasteiger partial charge in [-0.3, -0.25) is 0 Å². The first kappa shape index (κ1) is 11.9. The summed E-state index contributed by atoms with van der Waals surface area (Å²) in [7, 11) is 0. The summed E-state index contributed by atoms with van der Waals surface area (Å²) in [5.41, 5.74) is 7.85. The molecular weight excluding hydrogens is 241 g/mol. The maximum Gasteiger partial charge on any atom is 0.149 e. The zero-order valence-corrected chi connectivity index (χ0v) is 10.5. The Bertz CT molecular complexity index is 731. The molecule has 4 heteroatoms. The van der Waals surface area contributed by atoms with Gasteiger partial charge in [0, 0.05) is 11.4 Å². The molecule has 3 rings (SSSR count). The van der Waals surface area contributed by atoms with Crippen LogP contribution in [0.2, 0.25) is 0 Å². The number of fused-ring (bicyclic) bond motifs is 1. The molecule has 1 heterocycles. The monoisotopic (exact) mass is 255 g/mol. The zero-order valence-electron chi connectivity index (χ0n) is 10.5. The highest BCUT2D eigenvalue weighted by atomic mass is 19.1. The lowest BCUT2D eigenvalue weighted by Gasteiger charge is -2.09. The normalized spacial score (nSPS) is 12.8. The van der Waals surface area contributed by atoms with Crippen molar-refractivity contribution >= 4 is 10.9 Å². The standard InChI is InChI=1S/C15H14FN3/c1-10(17)11-6-7-15(13(16)8-11)19-14-5-3-2-4-12(14)9-18-19/h2-10H,17H2,1H3/t10-/m0/s1. The Labute approximate surface area is 110 Å². The van der Waals surface area contributed by atoms with Crippen molar-refractivity contribution in [2.24, 2.45) is 5.73 Å². The van der Waals surface area contributed by atoms with Crippen LogP contribution in [0.25, 0.3) is 16.6 Å². The summed E-state index contributed by atoms with van der Waals surface area (Å²) < 4.78 is 15.8. The molecule has 1 aromatic heterocycles. The Hall–Kier alpha value is -2.20. The number of para-hydroxylation sites is 1. The number of hydrogen-bond acceptors (Lipinski definition) is 2. The number of benzene rings is 2. The van der Waals surface area contributed by atoms with Gasteiger partial charge < -0.3 is 5.73 Å². The van der Waals surface area contributed by atoms with Crippen molar-refractivity contribution in [2.45, 2.75) is 13.0 Å². The molecule has 96 valence electrons. The van der Waals surface area contributed by atoms with Gasteiger partial charge in [-0.15, -0.1) is 0 Å². The maximum absolute atomic E-state index is 14.2. The number of nitrogens with two attached hydrogens (primary N) is 1. The molecule has 2 N–H and O–H groups in total. The molecule has 0 saturated heterocycles. The first-order valence-electron chi connectivity index (χ1n) is 6.15. The maximum atomic E-state index is 14.2. The minimum atomic E-state index is -0.316. The smallest absolute Gasteiger partial charge is 0.149 e. The largest absolute Gasteiger partial charge is 0.324 e. The topological polar surface area (TPSA) is 43.8 Å². The van der Waals surface area contributed by atoms with Crippen molar-refractivity contribution in [3.63, 3.8) is 0 Å². The fourth-order valence-electron chi connectivity index (χ4n) is 2.14. The Morgan fingerprint density at radius 2 is 2.00 bits per heavy atom. The van der Waals surface area contributed by atoms with Gasteiger partial charge in [-0.1, -0.05) is 24.3 Å². The molecule has 0 saturated carbocycles. The lowest BCUT2D eigenvalue weighted by atomic mass is 10.1. The van der Waals surface area contributed by atoms with E-state index in [-0.39, 0.29) is 11.9 Å². The van der Waals surface area contributed by atoms with E-state index in [4.69, 9.17) is 5.73 Å². The second-order valence-corrected chi connectivity index (χ2v) is 4.61. The second-order valence-electron chi connectivity index (χ2n) is 4.61. The van der Waals surface area contributed by atoms with Crippen molar-refractivity contribution < 1.29 is 4.39 Å². The third-order valence-corrected chi connectivity index (χ3v) is 3.20. The molecule has 0 aliphatic carbocycles. The first-order chi connectivity index (χ1) is 9.16. The van der Waals surface area contributed by atoms with E-state index in [1.54, 1.807) is 16.9 Å². The van der Waals surface area contributed by atoms with Crippen LogP contribution in [0.5, 0.6) is 0 Å². The highest BCUT2D eigenvalue weighted by Gasteiger charge is 2.11. The molecule has 3 nitrogen and oxygen atoms in total. The van der Waals surface area contributed by atoms with Crippen LogP contribution in [0.1, 0.15) is 18.5 Å². The van der Waals surface area contributed by atoms with Gasteiger partial charge in [0.1, 0.15) is 11.5 Å². The quantitative estimate of drug-likeness (QED) is 0.764. The van der Waals surface area contributed by atoms with Crippen LogP contribution in [0.4, 0.5) is 4.39 Å². The van der Waals surface area contributed by atoms with Gasteiger partial charge in [0.2, 0.25) is 0 Å². The van der Waals surface area contributed by atoms with Crippen molar-refractivity contribution in [1.82, 2.24) is 9.78 Å². The molecule has 0 bridgehead atoms. The predicted molar refractivity (Wildman–Crippen MR) is 73.6 cm³/mol. The van der Waals surface area contributed by atoms with E-state index in [0.717, 1.165) is 16.5 Å². The van der Waals surface area contributed by atoms with Crippen molar-refractivity contribution in [3.05, 3.63) is 60.0 Å². The van der Waals surface area contributed by atoms with E-state index >= 15 is 0 Å². The Balaban J connectivity index is 2.17. The molecule has 3 aromatic rings. The molecule has 0 amide bonds. The Morgan fingerprint density at radius 3 is 2.74 bits per heavy atom. The van der Waals surface area contributed by atoms with Crippen LogP contribution in [0.3, 0.4) is 0 Å². The van der Waals surface area contributed by atoms with E-state index in [1.165, 1.54) is 6.07 Å². The molecule has 0 unspecified atom stereocenters. The van der Waals surface area contributed by atoms with E-state index < -0.39 is 0 Å². The molecule has 19 heavy (non-hydrogen) atoms. The third-order valence-electron chi connectivity index (χ3n) is 3.20.